The van der Waals surface area contributed by atoms with Crippen molar-refractivity contribution in [2.45, 2.75) is 32.7 Å². The van der Waals surface area contributed by atoms with Gasteiger partial charge in [0.15, 0.2) is 0 Å². The van der Waals surface area contributed by atoms with Crippen LogP contribution in [0.1, 0.15) is 26.7 Å². The number of aliphatic hydroxyl groups is 1. The number of aliphatic hydroxyl groups excluding tert-OH is 1. The molecule has 12 heavy (non-hydrogen) atoms. The molecule has 0 fully saturated rings. The van der Waals surface area contributed by atoms with Crippen LogP contribution in [0.5, 0.6) is 0 Å². The van der Waals surface area contributed by atoms with Gasteiger partial charge in [-0.3, -0.25) is 0 Å². The molecule has 74 valence electrons. The molecule has 1 unspecified atom stereocenters. The topological polar surface area (TPSA) is 58.3 Å². The summed E-state index contributed by atoms with van der Waals surface area (Å²) in [5.41, 5.74) is 5.35. The van der Waals surface area contributed by atoms with Crippen molar-refractivity contribution >= 4 is 0 Å². The molecule has 4 N–H and O–H groups in total. The molecular weight excluding hydrogens is 152 g/mol. The van der Waals surface area contributed by atoms with E-state index in [1.54, 1.807) is 0 Å². The van der Waals surface area contributed by atoms with Gasteiger partial charge in [0.2, 0.25) is 0 Å². The maximum absolute atomic E-state index is 8.98. The van der Waals surface area contributed by atoms with Gasteiger partial charge in [-0.25, -0.2) is 0 Å². The van der Waals surface area contributed by atoms with Crippen molar-refractivity contribution in [3.05, 3.63) is 0 Å². The number of nitrogens with two attached hydrogens (primary N) is 1. The van der Waals surface area contributed by atoms with Crippen LogP contribution >= 0.6 is 0 Å². The van der Waals surface area contributed by atoms with Crippen LogP contribution < -0.4 is 11.1 Å². The lowest BCUT2D eigenvalue weighted by atomic mass is 10.0. The minimum absolute atomic E-state index is 0.225. The summed E-state index contributed by atoms with van der Waals surface area (Å²) in [7, 11) is 0. The molecule has 0 aliphatic heterocycles. The lowest BCUT2D eigenvalue weighted by molar-refractivity contribution is 0.224. The summed E-state index contributed by atoms with van der Waals surface area (Å²) in [5, 5.41) is 12.3. The third-order valence-corrected chi connectivity index (χ3v) is 1.79. The highest BCUT2D eigenvalue weighted by molar-refractivity contribution is 4.66. The van der Waals surface area contributed by atoms with Crippen LogP contribution in [0.25, 0.3) is 0 Å². The summed E-state index contributed by atoms with van der Waals surface area (Å²) in [5.74, 6) is 0.632. The summed E-state index contributed by atoms with van der Waals surface area (Å²) in [6.45, 7) is 6.17. The average Bonchev–Trinajstić information content (AvgIpc) is 2.02. The van der Waals surface area contributed by atoms with Gasteiger partial charge in [0.1, 0.15) is 0 Å². The van der Waals surface area contributed by atoms with E-state index in [2.05, 4.69) is 19.2 Å². The fourth-order valence-corrected chi connectivity index (χ4v) is 1.20. The first kappa shape index (κ1) is 11.9. The van der Waals surface area contributed by atoms with Gasteiger partial charge in [-0.05, 0) is 31.8 Å². The molecule has 0 saturated heterocycles. The normalized spacial score (nSPS) is 13.8. The third-order valence-electron chi connectivity index (χ3n) is 1.79. The van der Waals surface area contributed by atoms with E-state index in [0.717, 1.165) is 19.4 Å². The predicted octanol–water partition coefficient (Wildman–Crippen LogP) is 0.332. The molecule has 1 atom stereocenters. The zero-order chi connectivity index (χ0) is 9.40. The SMILES string of the molecule is CC(C)CC(CO)NCCCN. The largest absolute Gasteiger partial charge is 0.395 e. The Morgan fingerprint density at radius 2 is 2.08 bits per heavy atom. The molecule has 0 aliphatic carbocycles. The third kappa shape index (κ3) is 6.58. The quantitative estimate of drug-likeness (QED) is 0.488. The van der Waals surface area contributed by atoms with Crippen LogP contribution in [0.2, 0.25) is 0 Å². The molecule has 0 aromatic carbocycles. The molecular formula is C9H22N2O. The first-order valence-electron chi connectivity index (χ1n) is 4.75. The van der Waals surface area contributed by atoms with Crippen LogP contribution in [0.4, 0.5) is 0 Å². The first-order chi connectivity index (χ1) is 5.70. The maximum Gasteiger partial charge on any atom is 0.0584 e. The van der Waals surface area contributed by atoms with Crippen LogP contribution in [-0.2, 0) is 0 Å². The Bertz CT molecular complexity index is 96.5. The molecule has 0 heterocycles. The zero-order valence-corrected chi connectivity index (χ0v) is 8.21. The van der Waals surface area contributed by atoms with E-state index >= 15 is 0 Å². The lowest BCUT2D eigenvalue weighted by Crippen LogP contribution is -2.35. The summed E-state index contributed by atoms with van der Waals surface area (Å²) >= 11 is 0. The minimum Gasteiger partial charge on any atom is -0.395 e. The van der Waals surface area contributed by atoms with E-state index in [9.17, 15) is 0 Å². The van der Waals surface area contributed by atoms with Gasteiger partial charge >= 0.3 is 0 Å². The van der Waals surface area contributed by atoms with Gasteiger partial charge in [-0.1, -0.05) is 13.8 Å². The van der Waals surface area contributed by atoms with Gasteiger partial charge in [0.05, 0.1) is 6.61 Å². The number of nitrogens with one attached hydrogen (secondary N) is 1. The number of rotatable bonds is 7. The summed E-state index contributed by atoms with van der Waals surface area (Å²) in [4.78, 5) is 0. The van der Waals surface area contributed by atoms with E-state index in [-0.39, 0.29) is 12.6 Å². The molecule has 3 nitrogen and oxygen atoms in total. The second-order valence-electron chi connectivity index (χ2n) is 3.61. The van der Waals surface area contributed by atoms with Crippen molar-refractivity contribution < 1.29 is 5.11 Å². The molecule has 0 aliphatic rings. The average molecular weight is 174 g/mol. The standard InChI is InChI=1S/C9H22N2O/c1-8(2)6-9(7-12)11-5-3-4-10/h8-9,11-12H,3-7,10H2,1-2H3. The van der Waals surface area contributed by atoms with Crippen LogP contribution in [0.15, 0.2) is 0 Å². The fraction of sp³-hybridized carbons (Fsp3) is 1.00. The maximum atomic E-state index is 8.98. The van der Waals surface area contributed by atoms with Crippen molar-refractivity contribution in [1.82, 2.24) is 5.32 Å². The molecule has 0 aromatic heterocycles. The molecule has 0 rings (SSSR count). The lowest BCUT2D eigenvalue weighted by Gasteiger charge is -2.17. The van der Waals surface area contributed by atoms with Crippen LogP contribution in [-0.4, -0.2) is 30.8 Å². The number of hydrogen-bond donors (Lipinski definition) is 3. The van der Waals surface area contributed by atoms with Gasteiger partial charge in [0.25, 0.3) is 0 Å². The van der Waals surface area contributed by atoms with E-state index in [1.807, 2.05) is 0 Å². The summed E-state index contributed by atoms with van der Waals surface area (Å²) in [6, 6.07) is 0.247. The summed E-state index contributed by atoms with van der Waals surface area (Å²) < 4.78 is 0. The Morgan fingerprint density at radius 3 is 2.50 bits per heavy atom. The highest BCUT2D eigenvalue weighted by Crippen LogP contribution is 2.03. The molecule has 0 aromatic rings. The second kappa shape index (κ2) is 7.53. The molecule has 3 heteroatoms. The van der Waals surface area contributed by atoms with Gasteiger partial charge < -0.3 is 16.2 Å². The van der Waals surface area contributed by atoms with Crippen LogP contribution in [0.3, 0.4) is 0 Å². The molecule has 0 spiro atoms. The van der Waals surface area contributed by atoms with Gasteiger partial charge in [0, 0.05) is 6.04 Å². The molecule has 0 bridgehead atoms. The first-order valence-corrected chi connectivity index (χ1v) is 4.75. The predicted molar refractivity (Wildman–Crippen MR) is 52.0 cm³/mol. The molecule has 0 amide bonds. The van der Waals surface area contributed by atoms with Crippen molar-refractivity contribution in [3.63, 3.8) is 0 Å². The highest BCUT2D eigenvalue weighted by Gasteiger charge is 2.07. The minimum atomic E-state index is 0.225. The van der Waals surface area contributed by atoms with Crippen molar-refractivity contribution in [2.24, 2.45) is 11.7 Å². The van der Waals surface area contributed by atoms with E-state index in [4.69, 9.17) is 10.8 Å². The van der Waals surface area contributed by atoms with E-state index in [0.29, 0.717) is 12.5 Å². The van der Waals surface area contributed by atoms with Crippen LogP contribution in [0, 0.1) is 5.92 Å². The highest BCUT2D eigenvalue weighted by atomic mass is 16.3. The molecule has 0 radical (unpaired) electrons. The Kier molecular flexibility index (Phi) is 7.45. The Labute approximate surface area is 75.3 Å². The molecule has 0 saturated carbocycles. The Balaban J connectivity index is 3.39. The summed E-state index contributed by atoms with van der Waals surface area (Å²) in [6.07, 6.45) is 2.01. The van der Waals surface area contributed by atoms with Gasteiger partial charge in [-0.15, -0.1) is 0 Å². The second-order valence-corrected chi connectivity index (χ2v) is 3.61. The smallest absolute Gasteiger partial charge is 0.0584 e. The van der Waals surface area contributed by atoms with Crippen molar-refractivity contribution in [2.75, 3.05) is 19.7 Å². The van der Waals surface area contributed by atoms with E-state index < -0.39 is 0 Å². The fourth-order valence-electron chi connectivity index (χ4n) is 1.20. The Morgan fingerprint density at radius 1 is 1.42 bits per heavy atom. The van der Waals surface area contributed by atoms with Crippen molar-refractivity contribution in [1.29, 1.82) is 0 Å². The van der Waals surface area contributed by atoms with Gasteiger partial charge in [-0.2, -0.15) is 0 Å². The van der Waals surface area contributed by atoms with Crippen molar-refractivity contribution in [3.8, 4) is 0 Å². The monoisotopic (exact) mass is 174 g/mol. The number of hydrogen-bond acceptors (Lipinski definition) is 3. The zero-order valence-electron chi connectivity index (χ0n) is 8.21. The van der Waals surface area contributed by atoms with E-state index in [1.165, 1.54) is 0 Å². The Hall–Kier alpha value is -0.120.